The SMILES string of the molecule is CC12CCCCCCC1(Br)N=N2. The number of nitrogens with zero attached hydrogens (tertiary/aromatic N) is 2. The Bertz CT molecular complexity index is 195. The molecule has 2 nitrogen and oxygen atoms in total. The molecule has 1 fully saturated rings. The van der Waals surface area contributed by atoms with Crippen molar-refractivity contribution >= 4 is 15.9 Å². The first-order valence-corrected chi connectivity index (χ1v) is 5.59. The van der Waals surface area contributed by atoms with E-state index in [1.807, 2.05) is 0 Å². The van der Waals surface area contributed by atoms with Crippen LogP contribution >= 0.6 is 15.9 Å². The fourth-order valence-corrected chi connectivity index (χ4v) is 2.71. The van der Waals surface area contributed by atoms with Crippen LogP contribution in [0.2, 0.25) is 0 Å². The van der Waals surface area contributed by atoms with Gasteiger partial charge in [0.15, 0.2) is 4.45 Å². The third-order valence-electron chi connectivity index (χ3n) is 3.18. The van der Waals surface area contributed by atoms with Crippen molar-refractivity contribution in [3.63, 3.8) is 0 Å². The third-order valence-corrected chi connectivity index (χ3v) is 4.59. The highest BCUT2D eigenvalue weighted by Gasteiger charge is 2.53. The van der Waals surface area contributed by atoms with E-state index >= 15 is 0 Å². The number of hydrogen-bond acceptors (Lipinski definition) is 2. The second-order valence-electron chi connectivity index (χ2n) is 4.15. The Kier molecular flexibility index (Phi) is 2.02. The molecule has 0 aromatic carbocycles. The molecule has 0 radical (unpaired) electrons. The number of fused-ring (bicyclic) bond motifs is 1. The summed E-state index contributed by atoms with van der Waals surface area (Å²) < 4.78 is 0.000417. The molecule has 3 heteroatoms. The van der Waals surface area contributed by atoms with Gasteiger partial charge in [-0.25, -0.2) is 0 Å². The molecule has 1 saturated carbocycles. The van der Waals surface area contributed by atoms with E-state index in [1.165, 1.54) is 32.1 Å². The molecule has 0 aromatic rings. The van der Waals surface area contributed by atoms with E-state index < -0.39 is 0 Å². The predicted molar refractivity (Wildman–Crippen MR) is 52.6 cm³/mol. The molecule has 2 rings (SSSR count). The molecule has 0 N–H and O–H groups in total. The molecule has 2 atom stereocenters. The van der Waals surface area contributed by atoms with Crippen molar-refractivity contribution in [2.75, 3.05) is 0 Å². The monoisotopic (exact) mass is 230 g/mol. The van der Waals surface area contributed by atoms with E-state index in [-0.39, 0.29) is 9.99 Å². The average Bonchev–Trinajstić information content (AvgIpc) is 2.07. The number of halogens is 1. The number of alkyl halides is 1. The maximum atomic E-state index is 4.27. The number of rotatable bonds is 0. The van der Waals surface area contributed by atoms with Gasteiger partial charge in [0.05, 0.1) is 0 Å². The van der Waals surface area contributed by atoms with Crippen LogP contribution in [0.3, 0.4) is 0 Å². The zero-order chi connectivity index (χ0) is 8.66. The van der Waals surface area contributed by atoms with Gasteiger partial charge in [0.25, 0.3) is 0 Å². The Balaban J connectivity index is 2.15. The van der Waals surface area contributed by atoms with E-state index in [0.29, 0.717) is 0 Å². The van der Waals surface area contributed by atoms with Crippen molar-refractivity contribution < 1.29 is 0 Å². The topological polar surface area (TPSA) is 24.7 Å². The summed E-state index contributed by atoms with van der Waals surface area (Å²) in [6.07, 6.45) is 7.69. The molecular formula is C9H15BrN2. The summed E-state index contributed by atoms with van der Waals surface area (Å²) >= 11 is 3.72. The number of azo groups is 1. The second-order valence-corrected chi connectivity index (χ2v) is 5.46. The second kappa shape index (κ2) is 2.79. The van der Waals surface area contributed by atoms with Gasteiger partial charge in [0, 0.05) is 0 Å². The van der Waals surface area contributed by atoms with Gasteiger partial charge in [-0.1, -0.05) is 35.2 Å². The normalized spacial score (nSPS) is 47.2. The first-order valence-electron chi connectivity index (χ1n) is 4.79. The highest BCUT2D eigenvalue weighted by Crippen LogP contribution is 2.51. The molecule has 0 amide bonds. The fourth-order valence-electron chi connectivity index (χ4n) is 2.07. The zero-order valence-electron chi connectivity index (χ0n) is 7.52. The van der Waals surface area contributed by atoms with Crippen molar-refractivity contribution in [1.29, 1.82) is 0 Å². The molecule has 1 aliphatic carbocycles. The summed E-state index contributed by atoms with van der Waals surface area (Å²) in [5.41, 5.74) is 0.105. The molecular weight excluding hydrogens is 216 g/mol. The van der Waals surface area contributed by atoms with E-state index in [1.54, 1.807) is 0 Å². The Labute approximate surface area is 82.0 Å². The highest BCUT2D eigenvalue weighted by atomic mass is 79.9. The van der Waals surface area contributed by atoms with Gasteiger partial charge in [-0.05, 0) is 26.2 Å². The fraction of sp³-hybridized carbons (Fsp3) is 1.00. The summed E-state index contributed by atoms with van der Waals surface area (Å²) in [7, 11) is 0. The molecule has 0 aromatic heterocycles. The lowest BCUT2D eigenvalue weighted by molar-refractivity contribution is 0.194. The largest absolute Gasteiger partial charge is 0.183 e. The standard InChI is InChI=1S/C9H15BrN2/c1-8-6-4-2-3-5-7-9(8,10)12-11-8/h2-7H2,1H3. The molecule has 0 saturated heterocycles. The quantitative estimate of drug-likeness (QED) is 0.449. The highest BCUT2D eigenvalue weighted by molar-refractivity contribution is 9.10. The van der Waals surface area contributed by atoms with E-state index in [9.17, 15) is 0 Å². The van der Waals surface area contributed by atoms with Gasteiger partial charge >= 0.3 is 0 Å². The van der Waals surface area contributed by atoms with Crippen molar-refractivity contribution in [3.05, 3.63) is 0 Å². The minimum Gasteiger partial charge on any atom is -0.183 e. The Morgan fingerprint density at radius 2 is 1.67 bits per heavy atom. The van der Waals surface area contributed by atoms with E-state index in [0.717, 1.165) is 6.42 Å². The first kappa shape index (κ1) is 8.67. The van der Waals surface area contributed by atoms with Crippen LogP contribution in [0.15, 0.2) is 10.2 Å². The Morgan fingerprint density at radius 3 is 2.25 bits per heavy atom. The van der Waals surface area contributed by atoms with Gasteiger partial charge in [0.1, 0.15) is 5.54 Å². The van der Waals surface area contributed by atoms with Gasteiger partial charge in [0.2, 0.25) is 0 Å². The van der Waals surface area contributed by atoms with Crippen LogP contribution in [-0.4, -0.2) is 9.99 Å². The van der Waals surface area contributed by atoms with Crippen LogP contribution in [0.4, 0.5) is 0 Å². The summed E-state index contributed by atoms with van der Waals surface area (Å²) in [6, 6.07) is 0. The lowest BCUT2D eigenvalue weighted by Crippen LogP contribution is -2.51. The van der Waals surface area contributed by atoms with Crippen molar-refractivity contribution in [2.24, 2.45) is 10.2 Å². The molecule has 12 heavy (non-hydrogen) atoms. The van der Waals surface area contributed by atoms with Crippen LogP contribution in [0.5, 0.6) is 0 Å². The minimum atomic E-state index is 0.000417. The van der Waals surface area contributed by atoms with E-state index in [4.69, 9.17) is 0 Å². The predicted octanol–water partition coefficient (Wildman–Crippen LogP) is 3.66. The van der Waals surface area contributed by atoms with Gasteiger partial charge in [-0.3, -0.25) is 0 Å². The maximum Gasteiger partial charge on any atom is 0.162 e. The smallest absolute Gasteiger partial charge is 0.162 e. The lowest BCUT2D eigenvalue weighted by atomic mass is 9.80. The van der Waals surface area contributed by atoms with Gasteiger partial charge in [-0.2, -0.15) is 10.2 Å². The first-order chi connectivity index (χ1) is 5.66. The van der Waals surface area contributed by atoms with Crippen LogP contribution < -0.4 is 0 Å². The van der Waals surface area contributed by atoms with E-state index in [2.05, 4.69) is 33.1 Å². The Hall–Kier alpha value is 0.0800. The molecule has 1 aliphatic heterocycles. The number of hydrogen-bond donors (Lipinski definition) is 0. The molecule has 0 bridgehead atoms. The summed E-state index contributed by atoms with van der Waals surface area (Å²) in [5.74, 6) is 0. The Morgan fingerprint density at radius 1 is 1.00 bits per heavy atom. The lowest BCUT2D eigenvalue weighted by Gasteiger charge is -2.45. The molecule has 0 spiro atoms. The average molecular weight is 231 g/mol. The molecule has 1 heterocycles. The van der Waals surface area contributed by atoms with Gasteiger partial charge < -0.3 is 0 Å². The molecule has 2 aliphatic rings. The van der Waals surface area contributed by atoms with Crippen LogP contribution in [0, 0.1) is 0 Å². The summed E-state index contributed by atoms with van der Waals surface area (Å²) in [4.78, 5) is 0. The summed E-state index contributed by atoms with van der Waals surface area (Å²) in [6.45, 7) is 2.22. The van der Waals surface area contributed by atoms with Crippen molar-refractivity contribution in [3.8, 4) is 0 Å². The van der Waals surface area contributed by atoms with Gasteiger partial charge in [-0.15, -0.1) is 0 Å². The molecule has 2 unspecified atom stereocenters. The van der Waals surface area contributed by atoms with Crippen molar-refractivity contribution in [2.45, 2.75) is 55.4 Å². The summed E-state index contributed by atoms with van der Waals surface area (Å²) in [5, 5.41) is 8.51. The minimum absolute atomic E-state index is 0.000417. The maximum absolute atomic E-state index is 4.27. The zero-order valence-corrected chi connectivity index (χ0v) is 9.10. The van der Waals surface area contributed by atoms with Crippen molar-refractivity contribution in [1.82, 2.24) is 0 Å². The third kappa shape index (κ3) is 1.13. The van der Waals surface area contributed by atoms with Crippen LogP contribution in [-0.2, 0) is 0 Å². The molecule has 68 valence electrons. The van der Waals surface area contributed by atoms with Crippen LogP contribution in [0.1, 0.15) is 45.4 Å². The van der Waals surface area contributed by atoms with Crippen LogP contribution in [0.25, 0.3) is 0 Å².